The van der Waals surface area contributed by atoms with Crippen molar-refractivity contribution in [1.29, 1.82) is 0 Å². The fourth-order valence-electron chi connectivity index (χ4n) is 3.36. The van der Waals surface area contributed by atoms with E-state index >= 15 is 0 Å². The van der Waals surface area contributed by atoms with Crippen molar-refractivity contribution in [3.63, 3.8) is 0 Å². The van der Waals surface area contributed by atoms with Crippen molar-refractivity contribution < 1.29 is 4.74 Å². The van der Waals surface area contributed by atoms with Gasteiger partial charge in [0.1, 0.15) is 11.6 Å². The summed E-state index contributed by atoms with van der Waals surface area (Å²) in [5.41, 5.74) is 8.21. The third-order valence-corrected chi connectivity index (χ3v) is 4.60. The van der Waals surface area contributed by atoms with Crippen LogP contribution in [0.1, 0.15) is 62.0 Å². The first-order valence-corrected chi connectivity index (χ1v) is 7.50. The molecule has 1 aromatic heterocycles. The van der Waals surface area contributed by atoms with Gasteiger partial charge in [-0.15, -0.1) is 0 Å². The summed E-state index contributed by atoms with van der Waals surface area (Å²) in [6, 6.07) is 0. The third kappa shape index (κ3) is 2.59. The Hall–Kier alpha value is -1.16. The summed E-state index contributed by atoms with van der Waals surface area (Å²) in [6.45, 7) is 3.61. The average molecular weight is 261 g/mol. The Balaban J connectivity index is 1.86. The monoisotopic (exact) mass is 261 g/mol. The van der Waals surface area contributed by atoms with Gasteiger partial charge >= 0.3 is 0 Å². The zero-order valence-corrected chi connectivity index (χ0v) is 11.7. The fourth-order valence-corrected chi connectivity index (χ4v) is 3.36. The van der Waals surface area contributed by atoms with Crippen LogP contribution in [0, 0.1) is 5.92 Å². The lowest BCUT2D eigenvalue weighted by Gasteiger charge is -2.28. The van der Waals surface area contributed by atoms with Gasteiger partial charge in [0.05, 0.1) is 18.9 Å². The molecule has 1 saturated carbocycles. The Morgan fingerprint density at radius 1 is 1.32 bits per heavy atom. The molecule has 1 aliphatic carbocycles. The highest BCUT2D eigenvalue weighted by atomic mass is 16.5. The van der Waals surface area contributed by atoms with Crippen molar-refractivity contribution in [1.82, 2.24) is 9.97 Å². The van der Waals surface area contributed by atoms with Gasteiger partial charge in [0.2, 0.25) is 0 Å². The molecule has 0 amide bonds. The van der Waals surface area contributed by atoms with Crippen molar-refractivity contribution in [2.45, 2.75) is 58.0 Å². The number of fused-ring (bicyclic) bond motifs is 1. The molecule has 19 heavy (non-hydrogen) atoms. The zero-order chi connectivity index (χ0) is 13.2. The lowest BCUT2D eigenvalue weighted by atomic mass is 9.80. The summed E-state index contributed by atoms with van der Waals surface area (Å²) < 4.78 is 5.44. The largest absolute Gasteiger partial charge is 0.383 e. The van der Waals surface area contributed by atoms with Crippen molar-refractivity contribution >= 4 is 5.82 Å². The number of ether oxygens (including phenoxy) is 1. The van der Waals surface area contributed by atoms with Gasteiger partial charge in [-0.3, -0.25) is 0 Å². The van der Waals surface area contributed by atoms with Crippen LogP contribution in [0.25, 0.3) is 0 Å². The van der Waals surface area contributed by atoms with Crippen molar-refractivity contribution in [3.8, 4) is 0 Å². The summed E-state index contributed by atoms with van der Waals surface area (Å²) in [5, 5.41) is 0. The normalized spacial score (nSPS) is 27.0. The van der Waals surface area contributed by atoms with Crippen LogP contribution in [-0.2, 0) is 17.8 Å². The maximum Gasteiger partial charge on any atom is 0.134 e. The van der Waals surface area contributed by atoms with E-state index in [1.54, 1.807) is 0 Å². The van der Waals surface area contributed by atoms with Gasteiger partial charge in [-0.1, -0.05) is 26.2 Å². The van der Waals surface area contributed by atoms with Crippen LogP contribution in [-0.4, -0.2) is 16.6 Å². The number of nitrogens with zero attached hydrogens (tertiary/aromatic N) is 2. The second-order valence-electron chi connectivity index (χ2n) is 5.83. The molecule has 2 atom stereocenters. The van der Waals surface area contributed by atoms with E-state index in [1.807, 2.05) is 0 Å². The molecule has 104 valence electrons. The first-order valence-electron chi connectivity index (χ1n) is 7.50. The van der Waals surface area contributed by atoms with Gasteiger partial charge in [-0.05, 0) is 18.8 Å². The summed E-state index contributed by atoms with van der Waals surface area (Å²) in [4.78, 5) is 9.36. The maximum atomic E-state index is 6.08. The summed E-state index contributed by atoms with van der Waals surface area (Å²) in [7, 11) is 0. The van der Waals surface area contributed by atoms with Crippen LogP contribution in [0.2, 0.25) is 0 Å². The molecule has 3 rings (SSSR count). The predicted octanol–water partition coefficient (Wildman–Crippen LogP) is 2.82. The third-order valence-electron chi connectivity index (χ3n) is 4.60. The first-order chi connectivity index (χ1) is 9.28. The number of nitrogens with two attached hydrogens (primary N) is 1. The zero-order valence-electron chi connectivity index (χ0n) is 11.7. The Labute approximate surface area is 114 Å². The molecular formula is C15H23N3O. The average Bonchev–Trinajstić information content (AvgIpc) is 2.47. The lowest BCUT2D eigenvalue weighted by Crippen LogP contribution is -2.21. The standard InChI is InChI=1S/C15H23N3O/c1-2-10-4-3-5-11(8-10)15-17-13-6-7-19-9-12(13)14(16)18-15/h10-11H,2-9H2,1H3,(H2,16,17,18). The fraction of sp³-hybridized carbons (Fsp3) is 0.733. The highest BCUT2D eigenvalue weighted by Gasteiger charge is 2.26. The van der Waals surface area contributed by atoms with E-state index in [4.69, 9.17) is 15.5 Å². The molecule has 2 aliphatic rings. The van der Waals surface area contributed by atoms with Crippen molar-refractivity contribution in [2.24, 2.45) is 5.92 Å². The van der Waals surface area contributed by atoms with Gasteiger partial charge in [0.15, 0.2) is 0 Å². The van der Waals surface area contributed by atoms with Crippen molar-refractivity contribution in [3.05, 3.63) is 17.1 Å². The molecule has 0 radical (unpaired) electrons. The van der Waals surface area contributed by atoms with Crippen LogP contribution in [0.4, 0.5) is 5.82 Å². The summed E-state index contributed by atoms with van der Waals surface area (Å²) in [6.07, 6.45) is 7.24. The van der Waals surface area contributed by atoms with Gasteiger partial charge in [-0.2, -0.15) is 0 Å². The highest BCUT2D eigenvalue weighted by molar-refractivity contribution is 5.43. The molecule has 2 heterocycles. The van der Waals surface area contributed by atoms with E-state index in [0.717, 1.165) is 36.0 Å². The van der Waals surface area contributed by atoms with Gasteiger partial charge in [0, 0.05) is 17.9 Å². The number of anilines is 1. The van der Waals surface area contributed by atoms with E-state index in [0.29, 0.717) is 18.3 Å². The molecule has 2 N–H and O–H groups in total. The molecule has 1 aliphatic heterocycles. The van der Waals surface area contributed by atoms with E-state index in [-0.39, 0.29) is 0 Å². The maximum absolute atomic E-state index is 6.08. The quantitative estimate of drug-likeness (QED) is 0.889. The molecule has 4 heteroatoms. The summed E-state index contributed by atoms with van der Waals surface area (Å²) in [5.74, 6) is 2.96. The van der Waals surface area contributed by atoms with Gasteiger partial charge < -0.3 is 10.5 Å². The minimum absolute atomic E-state index is 0.508. The Bertz CT molecular complexity index is 461. The highest BCUT2D eigenvalue weighted by Crippen LogP contribution is 2.37. The first kappa shape index (κ1) is 12.9. The molecule has 2 unspecified atom stereocenters. The molecule has 4 nitrogen and oxygen atoms in total. The Kier molecular flexibility index (Phi) is 3.69. The van der Waals surface area contributed by atoms with Crippen LogP contribution in [0.5, 0.6) is 0 Å². The van der Waals surface area contributed by atoms with Crippen LogP contribution < -0.4 is 5.73 Å². The minimum Gasteiger partial charge on any atom is -0.383 e. The van der Waals surface area contributed by atoms with Crippen LogP contribution in [0.3, 0.4) is 0 Å². The van der Waals surface area contributed by atoms with Crippen LogP contribution in [0.15, 0.2) is 0 Å². The molecule has 0 aromatic carbocycles. The smallest absolute Gasteiger partial charge is 0.134 e. The molecule has 0 saturated heterocycles. The number of aromatic nitrogens is 2. The Morgan fingerprint density at radius 2 is 2.21 bits per heavy atom. The second kappa shape index (κ2) is 5.45. The topological polar surface area (TPSA) is 61.0 Å². The molecule has 1 aromatic rings. The number of hydrogen-bond donors (Lipinski definition) is 1. The summed E-state index contributed by atoms with van der Waals surface area (Å²) >= 11 is 0. The van der Waals surface area contributed by atoms with E-state index in [2.05, 4.69) is 11.9 Å². The number of nitrogen functional groups attached to an aromatic ring is 1. The van der Waals surface area contributed by atoms with Gasteiger partial charge in [-0.25, -0.2) is 9.97 Å². The SMILES string of the molecule is CCC1CCCC(c2nc(N)c3c(n2)CCOC3)C1. The molecule has 0 bridgehead atoms. The molecular weight excluding hydrogens is 238 g/mol. The number of hydrogen-bond acceptors (Lipinski definition) is 4. The molecule has 1 fully saturated rings. The lowest BCUT2D eigenvalue weighted by molar-refractivity contribution is 0.109. The Morgan fingerprint density at radius 3 is 3.05 bits per heavy atom. The van der Waals surface area contributed by atoms with Gasteiger partial charge in [0.25, 0.3) is 0 Å². The molecule has 0 spiro atoms. The minimum atomic E-state index is 0.508. The number of rotatable bonds is 2. The van der Waals surface area contributed by atoms with E-state index < -0.39 is 0 Å². The second-order valence-corrected chi connectivity index (χ2v) is 5.83. The van der Waals surface area contributed by atoms with E-state index in [9.17, 15) is 0 Å². The van der Waals surface area contributed by atoms with Crippen molar-refractivity contribution in [2.75, 3.05) is 12.3 Å². The predicted molar refractivity (Wildman–Crippen MR) is 74.8 cm³/mol. The van der Waals surface area contributed by atoms with Crippen LogP contribution >= 0.6 is 0 Å². The van der Waals surface area contributed by atoms with E-state index in [1.165, 1.54) is 32.1 Å².